The molecule has 2 heterocycles. The first kappa shape index (κ1) is 15.5. The van der Waals surface area contributed by atoms with E-state index < -0.39 is 0 Å². The lowest BCUT2D eigenvalue weighted by Gasteiger charge is -2.33. The van der Waals surface area contributed by atoms with Crippen LogP contribution in [0.3, 0.4) is 0 Å². The maximum Gasteiger partial charge on any atom is 0.222 e. The lowest BCUT2D eigenvalue weighted by molar-refractivity contribution is -0.125. The molecule has 7 nitrogen and oxygen atoms in total. The molecule has 2 rings (SSSR count). The number of hydrazine groups is 1. The molecule has 1 fully saturated rings. The second kappa shape index (κ2) is 7.21. The van der Waals surface area contributed by atoms with Gasteiger partial charge in [0.1, 0.15) is 18.0 Å². The van der Waals surface area contributed by atoms with E-state index in [4.69, 9.17) is 5.84 Å². The summed E-state index contributed by atoms with van der Waals surface area (Å²) in [5, 5.41) is 2.73. The van der Waals surface area contributed by atoms with Gasteiger partial charge >= 0.3 is 0 Å². The second-order valence-electron chi connectivity index (χ2n) is 5.29. The fraction of sp³-hybridized carbons (Fsp3) is 0.643. The SMILES string of the molecule is CCCc1c(NN)ncnc1N1CCC(C(=O)NC)CC1. The smallest absolute Gasteiger partial charge is 0.222 e. The molecule has 1 aromatic rings. The maximum atomic E-state index is 11.7. The standard InChI is InChI=1S/C14H24N6O/c1-3-4-11-12(19-15)17-9-18-13(11)20-7-5-10(6-8-20)14(21)16-2/h9-10H,3-8,15H2,1-2H3,(H,16,21)(H,17,18,19). The van der Waals surface area contributed by atoms with Gasteiger partial charge in [-0.2, -0.15) is 0 Å². The minimum Gasteiger partial charge on any atom is -0.359 e. The van der Waals surface area contributed by atoms with Crippen LogP contribution in [0.25, 0.3) is 0 Å². The molecule has 0 saturated carbocycles. The third-order valence-corrected chi connectivity index (χ3v) is 3.97. The first-order valence-corrected chi connectivity index (χ1v) is 7.48. The Balaban J connectivity index is 2.14. The van der Waals surface area contributed by atoms with Crippen molar-refractivity contribution in [2.24, 2.45) is 11.8 Å². The van der Waals surface area contributed by atoms with E-state index in [-0.39, 0.29) is 11.8 Å². The van der Waals surface area contributed by atoms with Crippen LogP contribution in [-0.2, 0) is 11.2 Å². The van der Waals surface area contributed by atoms with Crippen molar-refractivity contribution in [3.8, 4) is 0 Å². The number of carbonyl (C=O) groups is 1. The number of nitrogens with zero attached hydrogens (tertiary/aromatic N) is 3. The zero-order valence-electron chi connectivity index (χ0n) is 12.7. The quantitative estimate of drug-likeness (QED) is 0.545. The average molecular weight is 292 g/mol. The molecule has 0 aromatic carbocycles. The first-order chi connectivity index (χ1) is 10.2. The first-order valence-electron chi connectivity index (χ1n) is 7.48. The van der Waals surface area contributed by atoms with E-state index in [1.807, 2.05) is 0 Å². The van der Waals surface area contributed by atoms with Gasteiger partial charge in [0.2, 0.25) is 5.91 Å². The van der Waals surface area contributed by atoms with Crippen LogP contribution in [0.4, 0.5) is 11.6 Å². The van der Waals surface area contributed by atoms with Gasteiger partial charge in [-0.25, -0.2) is 15.8 Å². The number of nitrogen functional groups attached to an aromatic ring is 1. The van der Waals surface area contributed by atoms with Gasteiger partial charge in [-0.15, -0.1) is 0 Å². The Morgan fingerprint density at radius 3 is 2.71 bits per heavy atom. The lowest BCUT2D eigenvalue weighted by atomic mass is 9.95. The molecule has 1 aliphatic heterocycles. The molecule has 7 heteroatoms. The molecule has 0 aliphatic carbocycles. The average Bonchev–Trinajstić information content (AvgIpc) is 2.54. The largest absolute Gasteiger partial charge is 0.359 e. The molecule has 21 heavy (non-hydrogen) atoms. The highest BCUT2D eigenvalue weighted by Crippen LogP contribution is 2.28. The van der Waals surface area contributed by atoms with Crippen LogP contribution in [0.1, 0.15) is 31.7 Å². The topological polar surface area (TPSA) is 96.2 Å². The number of hydrogen-bond acceptors (Lipinski definition) is 6. The summed E-state index contributed by atoms with van der Waals surface area (Å²) in [7, 11) is 1.69. The molecular formula is C14H24N6O. The Labute approximate surface area is 125 Å². The van der Waals surface area contributed by atoms with Gasteiger partial charge in [-0.1, -0.05) is 13.3 Å². The van der Waals surface area contributed by atoms with Crippen LogP contribution in [0.15, 0.2) is 6.33 Å². The fourth-order valence-corrected chi connectivity index (χ4v) is 2.84. The summed E-state index contributed by atoms with van der Waals surface area (Å²) in [6, 6.07) is 0. The highest BCUT2D eigenvalue weighted by molar-refractivity contribution is 5.78. The monoisotopic (exact) mass is 292 g/mol. The van der Waals surface area contributed by atoms with Crippen LogP contribution >= 0.6 is 0 Å². The number of nitrogens with one attached hydrogen (secondary N) is 2. The van der Waals surface area contributed by atoms with Crippen LogP contribution in [0.5, 0.6) is 0 Å². The number of carbonyl (C=O) groups excluding carboxylic acids is 1. The van der Waals surface area contributed by atoms with Crippen molar-refractivity contribution in [1.29, 1.82) is 0 Å². The Bertz CT molecular complexity index is 484. The number of nitrogens with two attached hydrogens (primary N) is 1. The zero-order valence-corrected chi connectivity index (χ0v) is 12.7. The molecule has 1 amide bonds. The van der Waals surface area contributed by atoms with E-state index in [0.717, 1.165) is 50.2 Å². The Kier molecular flexibility index (Phi) is 5.32. The molecule has 1 aromatic heterocycles. The minimum atomic E-state index is 0.106. The van der Waals surface area contributed by atoms with Crippen LogP contribution in [-0.4, -0.2) is 36.0 Å². The van der Waals surface area contributed by atoms with Crippen LogP contribution in [0.2, 0.25) is 0 Å². The lowest BCUT2D eigenvalue weighted by Crippen LogP contribution is -2.40. The van der Waals surface area contributed by atoms with Gasteiger partial charge in [-0.3, -0.25) is 4.79 Å². The maximum absolute atomic E-state index is 11.7. The molecule has 0 spiro atoms. The Morgan fingerprint density at radius 1 is 1.43 bits per heavy atom. The van der Waals surface area contributed by atoms with Crippen molar-refractivity contribution < 1.29 is 4.79 Å². The molecule has 0 atom stereocenters. The zero-order chi connectivity index (χ0) is 15.2. The van der Waals surface area contributed by atoms with Crippen molar-refractivity contribution in [1.82, 2.24) is 15.3 Å². The van der Waals surface area contributed by atoms with Gasteiger partial charge in [0, 0.05) is 31.6 Å². The second-order valence-corrected chi connectivity index (χ2v) is 5.29. The summed E-state index contributed by atoms with van der Waals surface area (Å²) >= 11 is 0. The van der Waals surface area contributed by atoms with E-state index >= 15 is 0 Å². The van der Waals surface area contributed by atoms with Crippen LogP contribution in [0, 0.1) is 5.92 Å². The molecule has 1 aliphatic rings. The summed E-state index contributed by atoms with van der Waals surface area (Å²) in [6.07, 6.45) is 5.12. The number of aromatic nitrogens is 2. The molecule has 0 radical (unpaired) electrons. The van der Waals surface area contributed by atoms with Crippen molar-refractivity contribution in [2.75, 3.05) is 30.5 Å². The third kappa shape index (κ3) is 3.41. The minimum absolute atomic E-state index is 0.106. The number of hydrogen-bond donors (Lipinski definition) is 3. The van der Waals surface area contributed by atoms with E-state index in [1.165, 1.54) is 6.33 Å². The normalized spacial score (nSPS) is 15.9. The summed E-state index contributed by atoms with van der Waals surface area (Å²) < 4.78 is 0. The van der Waals surface area contributed by atoms with Crippen LogP contribution < -0.4 is 21.5 Å². The van der Waals surface area contributed by atoms with Gasteiger partial charge in [0.15, 0.2) is 0 Å². The molecule has 0 unspecified atom stereocenters. The van der Waals surface area contributed by atoms with Crippen molar-refractivity contribution in [3.05, 3.63) is 11.9 Å². The number of amides is 1. The van der Waals surface area contributed by atoms with Crippen molar-refractivity contribution in [3.63, 3.8) is 0 Å². The summed E-state index contributed by atoms with van der Waals surface area (Å²) in [6.45, 7) is 3.78. The highest BCUT2D eigenvalue weighted by atomic mass is 16.1. The van der Waals surface area contributed by atoms with E-state index in [1.54, 1.807) is 7.05 Å². The summed E-state index contributed by atoms with van der Waals surface area (Å²) in [5.41, 5.74) is 3.71. The third-order valence-electron chi connectivity index (χ3n) is 3.97. The highest BCUT2D eigenvalue weighted by Gasteiger charge is 2.26. The van der Waals surface area contributed by atoms with Gasteiger partial charge < -0.3 is 15.6 Å². The van der Waals surface area contributed by atoms with Crippen molar-refractivity contribution in [2.45, 2.75) is 32.6 Å². The van der Waals surface area contributed by atoms with E-state index in [2.05, 4.69) is 32.5 Å². The number of rotatable bonds is 5. The Hall–Kier alpha value is -1.89. The summed E-state index contributed by atoms with van der Waals surface area (Å²) in [4.78, 5) is 22.6. The summed E-state index contributed by atoms with van der Waals surface area (Å²) in [5.74, 6) is 7.42. The molecular weight excluding hydrogens is 268 g/mol. The molecule has 116 valence electrons. The van der Waals surface area contributed by atoms with Gasteiger partial charge in [0.05, 0.1) is 0 Å². The fourth-order valence-electron chi connectivity index (χ4n) is 2.84. The van der Waals surface area contributed by atoms with Gasteiger partial charge in [0.25, 0.3) is 0 Å². The Morgan fingerprint density at radius 2 is 2.14 bits per heavy atom. The predicted octanol–water partition coefficient (Wildman–Crippen LogP) is 0.677. The number of anilines is 2. The number of piperidine rings is 1. The van der Waals surface area contributed by atoms with Gasteiger partial charge in [-0.05, 0) is 19.3 Å². The molecule has 1 saturated heterocycles. The van der Waals surface area contributed by atoms with E-state index in [0.29, 0.717) is 5.82 Å². The van der Waals surface area contributed by atoms with E-state index in [9.17, 15) is 4.79 Å². The molecule has 4 N–H and O–H groups in total. The van der Waals surface area contributed by atoms with Crippen molar-refractivity contribution >= 4 is 17.5 Å². The predicted molar refractivity (Wildman–Crippen MR) is 82.8 cm³/mol. The molecule has 0 bridgehead atoms.